The van der Waals surface area contributed by atoms with Crippen molar-refractivity contribution in [2.75, 3.05) is 46.2 Å². The van der Waals surface area contributed by atoms with Crippen molar-refractivity contribution in [2.45, 2.75) is 19.4 Å². The summed E-state index contributed by atoms with van der Waals surface area (Å²) in [5.41, 5.74) is 2.40. The van der Waals surface area contributed by atoms with Crippen LogP contribution >= 0.6 is 11.8 Å². The molecule has 0 bridgehead atoms. The second-order valence-electron chi connectivity index (χ2n) is 5.18. The van der Waals surface area contributed by atoms with Crippen LogP contribution in [0.1, 0.15) is 13.3 Å². The third-order valence-corrected chi connectivity index (χ3v) is 5.05. The van der Waals surface area contributed by atoms with Crippen molar-refractivity contribution in [3.8, 4) is 0 Å². The van der Waals surface area contributed by atoms with Crippen LogP contribution in [0, 0.1) is 0 Å². The molecule has 1 fully saturated rings. The Balaban J connectivity index is 2.03. The smallest absolute Gasteiger partial charge is 0.0896 e. The van der Waals surface area contributed by atoms with Crippen molar-refractivity contribution in [3.05, 3.63) is 22.8 Å². The van der Waals surface area contributed by atoms with Gasteiger partial charge >= 0.3 is 0 Å². The van der Waals surface area contributed by atoms with Crippen LogP contribution in [-0.4, -0.2) is 68.3 Å². The van der Waals surface area contributed by atoms with Gasteiger partial charge in [-0.3, -0.25) is 9.89 Å². The highest BCUT2D eigenvalue weighted by molar-refractivity contribution is 8.02. The van der Waals surface area contributed by atoms with E-state index in [2.05, 4.69) is 34.6 Å². The number of allylic oxidation sites excluding steroid dienone is 1. The van der Waals surface area contributed by atoms with E-state index in [4.69, 9.17) is 4.74 Å². The first kappa shape index (κ1) is 15.6. The molecular formula is C15H25N3OS. The molecule has 0 N–H and O–H groups in total. The third kappa shape index (κ3) is 3.27. The Labute approximate surface area is 126 Å². The normalized spacial score (nSPS) is 25.2. The van der Waals surface area contributed by atoms with Crippen LogP contribution in [0.5, 0.6) is 0 Å². The number of rotatable bonds is 5. The fraction of sp³-hybridized carbons (Fsp3) is 0.667. The third-order valence-electron chi connectivity index (χ3n) is 4.03. The van der Waals surface area contributed by atoms with E-state index < -0.39 is 0 Å². The summed E-state index contributed by atoms with van der Waals surface area (Å²) in [7, 11) is 1.82. The second kappa shape index (κ2) is 7.29. The van der Waals surface area contributed by atoms with E-state index in [1.54, 1.807) is 0 Å². The highest BCUT2D eigenvalue weighted by atomic mass is 32.2. The number of hydrogen-bond acceptors (Lipinski definition) is 4. The largest absolute Gasteiger partial charge is 0.379 e. The number of ether oxygens (including phenoxy) is 1. The summed E-state index contributed by atoms with van der Waals surface area (Å²) in [5.74, 6) is 0. The van der Waals surface area contributed by atoms with Crippen LogP contribution in [0.25, 0.3) is 0 Å². The number of hydrogen-bond donors (Lipinski definition) is 0. The summed E-state index contributed by atoms with van der Waals surface area (Å²) in [6.07, 6.45) is 5.18. The zero-order valence-electron chi connectivity index (χ0n) is 12.8. The number of nitrogens with zero attached hydrogens (tertiary/aromatic N) is 3. The van der Waals surface area contributed by atoms with Crippen molar-refractivity contribution in [3.63, 3.8) is 0 Å². The van der Waals surface area contributed by atoms with E-state index in [1.807, 2.05) is 25.1 Å². The minimum Gasteiger partial charge on any atom is -0.379 e. The van der Waals surface area contributed by atoms with Crippen LogP contribution in [0.3, 0.4) is 0 Å². The van der Waals surface area contributed by atoms with Crippen LogP contribution in [0.15, 0.2) is 27.7 Å². The van der Waals surface area contributed by atoms with Gasteiger partial charge in [-0.2, -0.15) is 0 Å². The summed E-state index contributed by atoms with van der Waals surface area (Å²) in [4.78, 5) is 10.3. The Morgan fingerprint density at radius 3 is 2.75 bits per heavy atom. The zero-order chi connectivity index (χ0) is 14.5. The van der Waals surface area contributed by atoms with Gasteiger partial charge in [0.05, 0.1) is 25.6 Å². The average Bonchev–Trinajstić information content (AvgIpc) is 2.70. The minimum atomic E-state index is 0.393. The van der Waals surface area contributed by atoms with Crippen molar-refractivity contribution >= 4 is 18.1 Å². The summed E-state index contributed by atoms with van der Waals surface area (Å²) in [6, 6.07) is 0.393. The molecule has 1 saturated heterocycles. The molecule has 0 aromatic rings. The molecule has 0 aromatic heterocycles. The summed E-state index contributed by atoms with van der Waals surface area (Å²) >= 11 is 1.84. The van der Waals surface area contributed by atoms with Crippen molar-refractivity contribution < 1.29 is 4.74 Å². The quantitative estimate of drug-likeness (QED) is 0.574. The first-order valence-electron chi connectivity index (χ1n) is 7.13. The van der Waals surface area contributed by atoms with Gasteiger partial charge in [0.2, 0.25) is 0 Å². The highest BCUT2D eigenvalue weighted by Crippen LogP contribution is 2.38. The fourth-order valence-corrected chi connectivity index (χ4v) is 3.79. The molecule has 4 nitrogen and oxygen atoms in total. The van der Waals surface area contributed by atoms with Gasteiger partial charge in [0.15, 0.2) is 0 Å². The molecule has 0 aromatic carbocycles. The predicted octanol–water partition coefficient (Wildman–Crippen LogP) is 2.20. The molecule has 2 rings (SSSR count). The van der Waals surface area contributed by atoms with E-state index >= 15 is 0 Å². The lowest BCUT2D eigenvalue weighted by atomic mass is 10.1. The summed E-state index contributed by atoms with van der Waals surface area (Å²) in [6.45, 7) is 11.3. The minimum absolute atomic E-state index is 0.393. The maximum atomic E-state index is 5.41. The SMILES string of the molecule is C=C1C(C)=C(SC)C(CCN2CCOCC2)N1C=NC. The maximum absolute atomic E-state index is 5.41. The first-order chi connectivity index (χ1) is 9.69. The molecule has 2 aliphatic heterocycles. The molecule has 0 radical (unpaired) electrons. The first-order valence-corrected chi connectivity index (χ1v) is 8.36. The Bertz CT molecular complexity index is 413. The van der Waals surface area contributed by atoms with Crippen LogP contribution in [0.2, 0.25) is 0 Å². The van der Waals surface area contributed by atoms with Crippen LogP contribution in [-0.2, 0) is 4.74 Å². The topological polar surface area (TPSA) is 28.1 Å². The van der Waals surface area contributed by atoms with Crippen molar-refractivity contribution in [1.82, 2.24) is 9.80 Å². The van der Waals surface area contributed by atoms with Crippen LogP contribution in [0.4, 0.5) is 0 Å². The predicted molar refractivity (Wildman–Crippen MR) is 87.3 cm³/mol. The van der Waals surface area contributed by atoms with Crippen molar-refractivity contribution in [2.24, 2.45) is 4.99 Å². The maximum Gasteiger partial charge on any atom is 0.0896 e. The summed E-state index contributed by atoms with van der Waals surface area (Å²) in [5, 5.41) is 0. The molecule has 0 amide bonds. The van der Waals surface area contributed by atoms with Gasteiger partial charge in [-0.25, -0.2) is 0 Å². The Morgan fingerprint density at radius 2 is 2.15 bits per heavy atom. The molecule has 0 spiro atoms. The fourth-order valence-electron chi connectivity index (χ4n) is 2.86. The lowest BCUT2D eigenvalue weighted by molar-refractivity contribution is 0.0361. The molecule has 1 unspecified atom stereocenters. The van der Waals surface area contributed by atoms with E-state index in [9.17, 15) is 0 Å². The van der Waals surface area contributed by atoms with Crippen LogP contribution < -0.4 is 0 Å². The molecule has 1 atom stereocenters. The molecule has 0 aliphatic carbocycles. The summed E-state index contributed by atoms with van der Waals surface area (Å²) < 4.78 is 5.41. The monoisotopic (exact) mass is 295 g/mol. The van der Waals surface area contributed by atoms with E-state index in [1.165, 1.54) is 10.5 Å². The van der Waals surface area contributed by atoms with Gasteiger partial charge in [-0.05, 0) is 25.2 Å². The average molecular weight is 295 g/mol. The van der Waals surface area contributed by atoms with Gasteiger partial charge in [-0.1, -0.05) is 6.58 Å². The van der Waals surface area contributed by atoms with Gasteiger partial charge in [0.1, 0.15) is 0 Å². The molecule has 5 heteroatoms. The number of morpholine rings is 1. The number of thioether (sulfide) groups is 1. The molecular weight excluding hydrogens is 270 g/mol. The van der Waals surface area contributed by atoms with E-state index in [0.29, 0.717) is 6.04 Å². The van der Waals surface area contributed by atoms with Gasteiger partial charge in [0, 0.05) is 37.3 Å². The highest BCUT2D eigenvalue weighted by Gasteiger charge is 2.32. The Morgan fingerprint density at radius 1 is 1.45 bits per heavy atom. The Kier molecular flexibility index (Phi) is 5.69. The molecule has 2 heterocycles. The standard InChI is InChI=1S/C15H25N3OS/c1-12-13(2)18(11-16-3)14(15(12)20-4)5-6-17-7-9-19-10-8-17/h11,14H,2,5-10H2,1,3-4H3. The van der Waals surface area contributed by atoms with E-state index in [-0.39, 0.29) is 0 Å². The van der Waals surface area contributed by atoms with E-state index in [0.717, 1.165) is 45.0 Å². The van der Waals surface area contributed by atoms with Crippen molar-refractivity contribution in [1.29, 1.82) is 0 Å². The molecule has 0 saturated carbocycles. The lowest BCUT2D eigenvalue weighted by Gasteiger charge is -2.30. The molecule has 2 aliphatic rings. The second-order valence-corrected chi connectivity index (χ2v) is 6.03. The molecule has 112 valence electrons. The Hall–Kier alpha value is -0.780. The van der Waals surface area contributed by atoms with Gasteiger partial charge in [0.25, 0.3) is 0 Å². The molecule has 20 heavy (non-hydrogen) atoms. The number of aliphatic imine (C=N–C) groups is 1. The van der Waals surface area contributed by atoms with Gasteiger partial charge in [-0.15, -0.1) is 11.8 Å². The lowest BCUT2D eigenvalue weighted by Crippen LogP contribution is -2.39. The van der Waals surface area contributed by atoms with Gasteiger partial charge < -0.3 is 9.64 Å². The zero-order valence-corrected chi connectivity index (χ0v) is 13.6.